The van der Waals surface area contributed by atoms with Crippen molar-refractivity contribution in [3.05, 3.63) is 0 Å². The van der Waals surface area contributed by atoms with Gasteiger partial charge in [-0.05, 0) is 6.92 Å². The van der Waals surface area contributed by atoms with Crippen molar-refractivity contribution in [2.45, 2.75) is 17.9 Å². The van der Waals surface area contributed by atoms with Crippen LogP contribution >= 0.6 is 15.9 Å². The lowest BCUT2D eigenvalue weighted by Crippen LogP contribution is -2.38. The summed E-state index contributed by atoms with van der Waals surface area (Å²) in [4.78, 5) is 10.9. The molecule has 2 atom stereocenters. The minimum absolute atomic E-state index is 0.0434. The number of methoxy groups -OCH3 is 2. The van der Waals surface area contributed by atoms with Gasteiger partial charge in [0.05, 0.1) is 17.5 Å². The Morgan fingerprint density at radius 3 is 2.54 bits per heavy atom. The Hall–Kier alpha value is -0.130. The molecule has 4 nitrogen and oxygen atoms in total. The van der Waals surface area contributed by atoms with Crippen molar-refractivity contribution >= 4 is 21.8 Å². The zero-order valence-corrected chi connectivity index (χ0v) is 9.76. The number of carbonyl (C=O) groups is 1. The Bertz CT molecular complexity index is 152. The third kappa shape index (κ3) is 6.01. The van der Waals surface area contributed by atoms with Gasteiger partial charge in [-0.15, -0.1) is 0 Å². The number of ether oxygens (including phenoxy) is 2. The van der Waals surface area contributed by atoms with Gasteiger partial charge in [0.2, 0.25) is 5.91 Å². The first-order valence-corrected chi connectivity index (χ1v) is 4.96. The molecule has 1 amide bonds. The lowest BCUT2D eigenvalue weighted by atomic mass is 10.3. The van der Waals surface area contributed by atoms with Crippen LogP contribution in [0, 0.1) is 0 Å². The lowest BCUT2D eigenvalue weighted by Gasteiger charge is -2.15. The Balaban J connectivity index is 3.65. The van der Waals surface area contributed by atoms with Crippen LogP contribution in [0.4, 0.5) is 0 Å². The van der Waals surface area contributed by atoms with Crippen LogP contribution in [-0.4, -0.2) is 44.2 Å². The quantitative estimate of drug-likeness (QED) is 0.704. The van der Waals surface area contributed by atoms with Gasteiger partial charge in [0.1, 0.15) is 0 Å². The van der Waals surface area contributed by atoms with Crippen LogP contribution in [0.15, 0.2) is 0 Å². The summed E-state index contributed by atoms with van der Waals surface area (Å²) in [7, 11) is 3.19. The van der Waals surface area contributed by atoms with E-state index in [2.05, 4.69) is 21.2 Å². The molecule has 0 aliphatic rings. The summed E-state index contributed by atoms with van der Waals surface area (Å²) in [5, 5.41) is 2.73. The second-order valence-electron chi connectivity index (χ2n) is 2.67. The molecule has 0 radical (unpaired) electrons. The van der Waals surface area contributed by atoms with Gasteiger partial charge >= 0.3 is 0 Å². The number of hydrogen-bond donors (Lipinski definition) is 1. The Morgan fingerprint density at radius 1 is 1.54 bits per heavy atom. The zero-order chi connectivity index (χ0) is 10.3. The molecule has 0 aromatic carbocycles. The number of hydrogen-bond acceptors (Lipinski definition) is 3. The molecular weight excluding hydrogens is 238 g/mol. The molecule has 0 rings (SSSR count). The van der Waals surface area contributed by atoms with E-state index in [4.69, 9.17) is 9.47 Å². The first kappa shape index (κ1) is 12.9. The van der Waals surface area contributed by atoms with Crippen molar-refractivity contribution in [2.75, 3.05) is 27.4 Å². The van der Waals surface area contributed by atoms with E-state index in [1.54, 1.807) is 21.1 Å². The Labute approximate surface area is 87.1 Å². The molecule has 0 aliphatic heterocycles. The van der Waals surface area contributed by atoms with Gasteiger partial charge in [-0.25, -0.2) is 0 Å². The highest BCUT2D eigenvalue weighted by molar-refractivity contribution is 9.10. The van der Waals surface area contributed by atoms with Crippen LogP contribution in [0.25, 0.3) is 0 Å². The highest BCUT2D eigenvalue weighted by Gasteiger charge is 2.11. The molecule has 0 saturated carbocycles. The molecule has 0 aliphatic carbocycles. The summed E-state index contributed by atoms with van der Waals surface area (Å²) in [6.45, 7) is 2.72. The van der Waals surface area contributed by atoms with Gasteiger partial charge in [-0.2, -0.15) is 0 Å². The molecule has 1 N–H and O–H groups in total. The van der Waals surface area contributed by atoms with Crippen LogP contribution in [0.2, 0.25) is 0 Å². The third-order valence-corrected chi connectivity index (χ3v) is 1.97. The molecule has 0 bridgehead atoms. The number of rotatable bonds is 6. The zero-order valence-electron chi connectivity index (χ0n) is 8.17. The summed E-state index contributed by atoms with van der Waals surface area (Å²) >= 11 is 3.17. The molecule has 78 valence electrons. The van der Waals surface area contributed by atoms with Crippen LogP contribution in [0.1, 0.15) is 6.92 Å². The minimum Gasteiger partial charge on any atom is -0.382 e. The van der Waals surface area contributed by atoms with Gasteiger partial charge in [0.25, 0.3) is 0 Å². The van der Waals surface area contributed by atoms with Gasteiger partial charge in [0, 0.05) is 20.8 Å². The predicted molar refractivity (Wildman–Crippen MR) is 54.1 cm³/mol. The number of amides is 1. The molecule has 2 unspecified atom stereocenters. The highest BCUT2D eigenvalue weighted by atomic mass is 79.9. The smallest absolute Gasteiger partial charge is 0.233 e. The van der Waals surface area contributed by atoms with Gasteiger partial charge < -0.3 is 14.8 Å². The van der Waals surface area contributed by atoms with Gasteiger partial charge in [0.15, 0.2) is 0 Å². The van der Waals surface area contributed by atoms with E-state index in [1.807, 2.05) is 0 Å². The van der Waals surface area contributed by atoms with Crippen LogP contribution < -0.4 is 5.32 Å². The summed E-state index contributed by atoms with van der Waals surface area (Å²) in [6, 6.07) is 0. The second-order valence-corrected chi connectivity index (χ2v) is 4.05. The molecule has 0 aromatic rings. The van der Waals surface area contributed by atoms with E-state index >= 15 is 0 Å². The van der Waals surface area contributed by atoms with Crippen molar-refractivity contribution in [1.82, 2.24) is 5.32 Å². The number of nitrogens with one attached hydrogen (secondary N) is 1. The fraction of sp³-hybridized carbons (Fsp3) is 0.875. The standard InChI is InChI=1S/C8H16BrNO3/c1-6(9)8(11)10-4-7(13-3)5-12-2/h6-7H,4-5H2,1-3H3,(H,10,11). The second kappa shape index (κ2) is 7.29. The van der Waals surface area contributed by atoms with E-state index in [-0.39, 0.29) is 16.8 Å². The maximum atomic E-state index is 11.1. The van der Waals surface area contributed by atoms with E-state index in [0.29, 0.717) is 13.2 Å². The molecule has 0 heterocycles. The van der Waals surface area contributed by atoms with Crippen molar-refractivity contribution < 1.29 is 14.3 Å². The first-order chi connectivity index (χ1) is 6.11. The first-order valence-electron chi connectivity index (χ1n) is 4.05. The summed E-state index contributed by atoms with van der Waals surface area (Å²) in [5.41, 5.74) is 0. The fourth-order valence-corrected chi connectivity index (χ4v) is 0.913. The summed E-state index contributed by atoms with van der Waals surface area (Å²) < 4.78 is 9.97. The Morgan fingerprint density at radius 2 is 2.15 bits per heavy atom. The SMILES string of the molecule is COCC(CNC(=O)C(C)Br)OC. The summed E-state index contributed by atoms with van der Waals surface area (Å²) in [5.74, 6) is -0.0434. The molecule has 0 fully saturated rings. The average molecular weight is 254 g/mol. The van der Waals surface area contributed by atoms with Gasteiger partial charge in [-0.3, -0.25) is 4.79 Å². The van der Waals surface area contributed by atoms with Crippen molar-refractivity contribution in [3.8, 4) is 0 Å². The normalized spacial score (nSPS) is 15.1. The van der Waals surface area contributed by atoms with E-state index in [1.165, 1.54) is 0 Å². The van der Waals surface area contributed by atoms with Crippen LogP contribution in [0.5, 0.6) is 0 Å². The predicted octanol–water partition coefficient (Wildman–Crippen LogP) is 0.547. The van der Waals surface area contributed by atoms with Crippen LogP contribution in [-0.2, 0) is 14.3 Å². The average Bonchev–Trinajstić information content (AvgIpc) is 2.11. The topological polar surface area (TPSA) is 47.6 Å². The maximum absolute atomic E-state index is 11.1. The van der Waals surface area contributed by atoms with Crippen molar-refractivity contribution in [2.24, 2.45) is 0 Å². The number of halogens is 1. The molecule has 13 heavy (non-hydrogen) atoms. The van der Waals surface area contributed by atoms with Crippen molar-refractivity contribution in [3.63, 3.8) is 0 Å². The third-order valence-electron chi connectivity index (χ3n) is 1.55. The van der Waals surface area contributed by atoms with Crippen LogP contribution in [0.3, 0.4) is 0 Å². The van der Waals surface area contributed by atoms with Crippen molar-refractivity contribution in [1.29, 1.82) is 0 Å². The highest BCUT2D eigenvalue weighted by Crippen LogP contribution is 1.96. The summed E-state index contributed by atoms with van der Waals surface area (Å²) in [6.07, 6.45) is -0.0831. The molecule has 0 spiro atoms. The molecule has 5 heteroatoms. The molecular formula is C8H16BrNO3. The Kier molecular flexibility index (Phi) is 7.22. The van der Waals surface area contributed by atoms with Gasteiger partial charge in [-0.1, -0.05) is 15.9 Å². The van der Waals surface area contributed by atoms with E-state index in [9.17, 15) is 4.79 Å². The monoisotopic (exact) mass is 253 g/mol. The number of alkyl halides is 1. The minimum atomic E-state index is -0.174. The fourth-order valence-electron chi connectivity index (χ4n) is 0.751. The van der Waals surface area contributed by atoms with E-state index in [0.717, 1.165) is 0 Å². The van der Waals surface area contributed by atoms with E-state index < -0.39 is 0 Å². The largest absolute Gasteiger partial charge is 0.382 e. The lowest BCUT2D eigenvalue weighted by molar-refractivity contribution is -0.120. The maximum Gasteiger partial charge on any atom is 0.233 e. The number of carbonyl (C=O) groups excluding carboxylic acids is 1. The molecule has 0 aromatic heterocycles. The molecule has 0 saturated heterocycles.